The third-order valence-electron chi connectivity index (χ3n) is 5.49. The Kier molecular flexibility index (Phi) is 6.95. The molecule has 1 unspecified atom stereocenters. The molecule has 1 heterocycles. The molecule has 1 amide bonds. The van der Waals surface area contributed by atoms with E-state index in [0.29, 0.717) is 32.1 Å². The summed E-state index contributed by atoms with van der Waals surface area (Å²) in [5.41, 5.74) is 2.36. The van der Waals surface area contributed by atoms with E-state index in [0.717, 1.165) is 29.7 Å². The summed E-state index contributed by atoms with van der Waals surface area (Å²) in [5, 5.41) is 4.39. The van der Waals surface area contributed by atoms with Gasteiger partial charge in [-0.1, -0.05) is 50.0 Å². The van der Waals surface area contributed by atoms with Gasteiger partial charge in [0.2, 0.25) is 5.91 Å². The Balaban J connectivity index is 1.85. The summed E-state index contributed by atoms with van der Waals surface area (Å²) in [6.07, 6.45) is 5.74. The first kappa shape index (κ1) is 22.9. The predicted molar refractivity (Wildman–Crippen MR) is 125 cm³/mol. The molecule has 160 valence electrons. The van der Waals surface area contributed by atoms with E-state index < -0.39 is 5.97 Å². The molecule has 1 aliphatic carbocycles. The predicted octanol–water partition coefficient (Wildman–Crippen LogP) is 6.64. The number of carbonyl (C=O) groups excluding carboxylic acids is 2. The molecule has 1 atom stereocenters. The zero-order valence-electron chi connectivity index (χ0n) is 17.5. The van der Waals surface area contributed by atoms with Gasteiger partial charge in [0.1, 0.15) is 5.00 Å². The molecule has 0 fully saturated rings. The van der Waals surface area contributed by atoms with Crippen molar-refractivity contribution in [1.82, 2.24) is 0 Å². The highest BCUT2D eigenvalue weighted by Gasteiger charge is 2.34. The van der Waals surface area contributed by atoms with E-state index in [2.05, 4.69) is 26.1 Å². The van der Waals surface area contributed by atoms with Gasteiger partial charge < -0.3 is 10.1 Å². The Morgan fingerprint density at radius 2 is 2.00 bits per heavy atom. The van der Waals surface area contributed by atoms with E-state index in [9.17, 15) is 9.59 Å². The van der Waals surface area contributed by atoms with Crippen LogP contribution in [0.15, 0.2) is 24.3 Å². The molecule has 0 bridgehead atoms. The highest BCUT2D eigenvalue weighted by atomic mass is 35.5. The van der Waals surface area contributed by atoms with Crippen molar-refractivity contribution in [1.29, 1.82) is 0 Å². The molecule has 0 saturated carbocycles. The number of anilines is 1. The first-order valence-electron chi connectivity index (χ1n) is 9.77. The zero-order valence-corrected chi connectivity index (χ0v) is 19.8. The average molecular weight is 466 g/mol. The summed E-state index contributed by atoms with van der Waals surface area (Å²) >= 11 is 13.5. The molecule has 0 spiro atoms. The molecule has 0 saturated heterocycles. The Bertz CT molecular complexity index is 1000. The van der Waals surface area contributed by atoms with Crippen LogP contribution in [0.4, 0.5) is 5.00 Å². The lowest BCUT2D eigenvalue weighted by Gasteiger charge is -2.33. The summed E-state index contributed by atoms with van der Waals surface area (Å²) in [7, 11) is 1.36. The Hall–Kier alpha value is -1.82. The highest BCUT2D eigenvalue weighted by Crippen LogP contribution is 2.44. The van der Waals surface area contributed by atoms with Gasteiger partial charge in [-0.3, -0.25) is 4.79 Å². The summed E-state index contributed by atoms with van der Waals surface area (Å²) < 4.78 is 5.00. The second kappa shape index (κ2) is 9.13. The van der Waals surface area contributed by atoms with Crippen molar-refractivity contribution >= 4 is 57.5 Å². The van der Waals surface area contributed by atoms with Gasteiger partial charge in [-0.2, -0.15) is 0 Å². The number of halogens is 2. The molecule has 1 aliphatic rings. The minimum absolute atomic E-state index is 0.192. The van der Waals surface area contributed by atoms with Gasteiger partial charge in [0, 0.05) is 21.0 Å². The van der Waals surface area contributed by atoms with E-state index >= 15 is 0 Å². The molecule has 0 radical (unpaired) electrons. The van der Waals surface area contributed by atoms with Crippen molar-refractivity contribution in [3.8, 4) is 0 Å². The quantitative estimate of drug-likeness (QED) is 0.406. The molecular formula is C23H25Cl2NO3S. The number of rotatable bonds is 4. The number of amides is 1. The number of hydrogen-bond acceptors (Lipinski definition) is 4. The summed E-state index contributed by atoms with van der Waals surface area (Å²) in [5.74, 6) is -0.219. The third-order valence-corrected chi connectivity index (χ3v) is 7.23. The number of hydrogen-bond donors (Lipinski definition) is 1. The van der Waals surface area contributed by atoms with Crippen LogP contribution in [0.3, 0.4) is 0 Å². The molecule has 3 rings (SSSR count). The monoisotopic (exact) mass is 465 g/mol. The molecule has 30 heavy (non-hydrogen) atoms. The highest BCUT2D eigenvalue weighted by molar-refractivity contribution is 7.17. The fraction of sp³-hybridized carbons (Fsp3) is 0.391. The van der Waals surface area contributed by atoms with Gasteiger partial charge >= 0.3 is 5.97 Å². The molecule has 1 aromatic carbocycles. The first-order chi connectivity index (χ1) is 14.1. The standard InChI is InChI=1S/C23H25Cl2NO3S/c1-23(2,3)14-7-9-16-18(11-14)30-21(20(16)22(28)29-4)26-19(27)10-6-13-5-8-15(24)12-17(13)25/h5-6,8,10,12,14H,7,9,11H2,1-4H3,(H,26,27). The van der Waals surface area contributed by atoms with Crippen LogP contribution in [0, 0.1) is 11.3 Å². The number of benzene rings is 1. The number of carbonyl (C=O) groups is 2. The largest absolute Gasteiger partial charge is 0.465 e. The first-order valence-corrected chi connectivity index (χ1v) is 11.3. The van der Waals surface area contributed by atoms with Crippen LogP contribution in [-0.4, -0.2) is 19.0 Å². The van der Waals surface area contributed by atoms with Crippen molar-refractivity contribution < 1.29 is 14.3 Å². The average Bonchev–Trinajstić information content (AvgIpc) is 3.02. The van der Waals surface area contributed by atoms with Crippen molar-refractivity contribution in [2.75, 3.05) is 12.4 Å². The Morgan fingerprint density at radius 3 is 2.63 bits per heavy atom. The van der Waals surface area contributed by atoms with Crippen LogP contribution in [-0.2, 0) is 22.4 Å². The molecule has 1 aromatic heterocycles. The van der Waals surface area contributed by atoms with Crippen LogP contribution in [0.25, 0.3) is 6.08 Å². The number of fused-ring (bicyclic) bond motifs is 1. The molecule has 4 nitrogen and oxygen atoms in total. The Morgan fingerprint density at radius 1 is 1.27 bits per heavy atom. The third kappa shape index (κ3) is 5.08. The molecule has 0 aliphatic heterocycles. The fourth-order valence-electron chi connectivity index (χ4n) is 3.69. The number of esters is 1. The van der Waals surface area contributed by atoms with E-state index in [1.54, 1.807) is 24.3 Å². The smallest absolute Gasteiger partial charge is 0.341 e. The summed E-state index contributed by atoms with van der Waals surface area (Å²) in [4.78, 5) is 26.2. The maximum absolute atomic E-state index is 12.6. The van der Waals surface area contributed by atoms with Crippen molar-refractivity contribution in [3.63, 3.8) is 0 Å². The van der Waals surface area contributed by atoms with Crippen LogP contribution < -0.4 is 5.32 Å². The molecule has 1 N–H and O–H groups in total. The van der Waals surface area contributed by atoms with Crippen molar-refractivity contribution in [2.24, 2.45) is 11.3 Å². The fourth-order valence-corrected chi connectivity index (χ4v) is 5.48. The summed E-state index contributed by atoms with van der Waals surface area (Å²) in [6, 6.07) is 5.07. The second-order valence-electron chi connectivity index (χ2n) is 8.49. The maximum atomic E-state index is 12.6. The number of nitrogens with one attached hydrogen (secondary N) is 1. The Labute approximate surface area is 191 Å². The molecular weight excluding hydrogens is 441 g/mol. The van der Waals surface area contributed by atoms with Gasteiger partial charge in [0.25, 0.3) is 0 Å². The van der Waals surface area contributed by atoms with E-state index in [4.69, 9.17) is 27.9 Å². The number of ether oxygens (including phenoxy) is 1. The van der Waals surface area contributed by atoms with Crippen LogP contribution in [0.2, 0.25) is 10.0 Å². The minimum Gasteiger partial charge on any atom is -0.465 e. The number of thiophene rings is 1. The number of methoxy groups -OCH3 is 1. The van der Waals surface area contributed by atoms with E-state index in [1.165, 1.54) is 24.5 Å². The maximum Gasteiger partial charge on any atom is 0.341 e. The van der Waals surface area contributed by atoms with Crippen LogP contribution in [0.5, 0.6) is 0 Å². The lowest BCUT2D eigenvalue weighted by molar-refractivity contribution is -0.111. The zero-order chi connectivity index (χ0) is 22.1. The minimum atomic E-state index is -0.415. The molecule has 2 aromatic rings. The van der Waals surface area contributed by atoms with Gasteiger partial charge in [0.15, 0.2) is 0 Å². The van der Waals surface area contributed by atoms with E-state index in [-0.39, 0.29) is 11.3 Å². The van der Waals surface area contributed by atoms with Gasteiger partial charge in [-0.15, -0.1) is 11.3 Å². The normalized spacial score (nSPS) is 16.4. The van der Waals surface area contributed by atoms with Gasteiger partial charge in [0.05, 0.1) is 12.7 Å². The van der Waals surface area contributed by atoms with Crippen LogP contribution in [0.1, 0.15) is 53.6 Å². The lowest BCUT2D eigenvalue weighted by atomic mass is 9.72. The van der Waals surface area contributed by atoms with Gasteiger partial charge in [-0.25, -0.2) is 4.79 Å². The van der Waals surface area contributed by atoms with Crippen molar-refractivity contribution in [2.45, 2.75) is 40.0 Å². The summed E-state index contributed by atoms with van der Waals surface area (Å²) in [6.45, 7) is 6.73. The van der Waals surface area contributed by atoms with E-state index in [1.807, 2.05) is 0 Å². The second-order valence-corrected chi connectivity index (χ2v) is 10.4. The molecule has 7 heteroatoms. The van der Waals surface area contributed by atoms with Crippen LogP contribution >= 0.6 is 34.5 Å². The van der Waals surface area contributed by atoms with Gasteiger partial charge in [-0.05, 0) is 59.9 Å². The topological polar surface area (TPSA) is 55.4 Å². The SMILES string of the molecule is COC(=O)c1c(NC(=O)C=Cc2ccc(Cl)cc2Cl)sc2c1CCC(C(C)(C)C)C2. The lowest BCUT2D eigenvalue weighted by Crippen LogP contribution is -2.26. The van der Waals surface area contributed by atoms with Crippen molar-refractivity contribution in [3.05, 3.63) is 55.9 Å².